The van der Waals surface area contributed by atoms with Crippen LogP contribution < -0.4 is 0 Å². The zero-order valence-corrected chi connectivity index (χ0v) is 13.6. The number of allylic oxidation sites excluding steroid dienone is 4. The highest BCUT2D eigenvalue weighted by Gasteiger charge is 2.73. The lowest BCUT2D eigenvalue weighted by Crippen LogP contribution is -2.64. The average Bonchev–Trinajstić information content (AvgIpc) is 2.83. The topological polar surface area (TPSA) is 80.7 Å². The summed E-state index contributed by atoms with van der Waals surface area (Å²) in [6, 6.07) is 0. The van der Waals surface area contributed by atoms with Gasteiger partial charge in [0.1, 0.15) is 6.10 Å². The molecule has 1 N–H and O–H groups in total. The molecule has 4 rings (SSSR count). The maximum Gasteiger partial charge on any atom is 0.310 e. The van der Waals surface area contributed by atoms with Gasteiger partial charge in [-0.15, -0.1) is 0 Å². The standard InChI is InChI=1S/C18H20O5/c1-7-5-10(19)17(3)9(7)6-11(20)18(4)12-8(2)14(23-16(12)22)13(21)15(17)18/h5-6,8,12-15,21H,1-4H3/t8-,12-,13?,14-,15?,17-,18+/m0/s1. The third-order valence-electron chi connectivity index (χ3n) is 6.79. The highest BCUT2D eigenvalue weighted by Crippen LogP contribution is 2.64. The smallest absolute Gasteiger partial charge is 0.310 e. The minimum atomic E-state index is -1.12. The van der Waals surface area contributed by atoms with E-state index < -0.39 is 40.8 Å². The third kappa shape index (κ3) is 1.37. The van der Waals surface area contributed by atoms with Crippen LogP contribution in [0.15, 0.2) is 23.3 Å². The first-order chi connectivity index (χ1) is 10.6. The average molecular weight is 316 g/mol. The van der Waals surface area contributed by atoms with Crippen molar-refractivity contribution in [1.29, 1.82) is 0 Å². The summed E-state index contributed by atoms with van der Waals surface area (Å²) in [5.74, 6) is -2.24. The number of ketones is 2. The van der Waals surface area contributed by atoms with Crippen LogP contribution in [-0.4, -0.2) is 34.9 Å². The van der Waals surface area contributed by atoms with Crippen molar-refractivity contribution in [3.8, 4) is 0 Å². The molecule has 0 spiro atoms. The quantitative estimate of drug-likeness (QED) is 0.679. The molecule has 0 aromatic heterocycles. The number of hydrogen-bond acceptors (Lipinski definition) is 5. The predicted molar refractivity (Wildman–Crippen MR) is 80.1 cm³/mol. The monoisotopic (exact) mass is 316 g/mol. The Morgan fingerprint density at radius 2 is 1.78 bits per heavy atom. The molecule has 1 saturated carbocycles. The first-order valence-corrected chi connectivity index (χ1v) is 8.03. The molecular weight excluding hydrogens is 296 g/mol. The molecule has 2 unspecified atom stereocenters. The lowest BCUT2D eigenvalue weighted by molar-refractivity contribution is -0.165. The van der Waals surface area contributed by atoms with E-state index in [1.807, 2.05) is 6.92 Å². The predicted octanol–water partition coefficient (Wildman–Crippen LogP) is 1.21. The Labute approximate surface area is 134 Å². The van der Waals surface area contributed by atoms with Crippen molar-refractivity contribution in [1.82, 2.24) is 0 Å². The summed E-state index contributed by atoms with van der Waals surface area (Å²) in [4.78, 5) is 38.1. The lowest BCUT2D eigenvalue weighted by atomic mass is 9.45. The molecule has 0 amide bonds. The van der Waals surface area contributed by atoms with Gasteiger partial charge in [-0.3, -0.25) is 14.4 Å². The molecule has 1 aliphatic heterocycles. The molecule has 1 heterocycles. The summed E-state index contributed by atoms with van der Waals surface area (Å²) in [6.45, 7) is 7.14. The molecule has 23 heavy (non-hydrogen) atoms. The number of rotatable bonds is 0. The van der Waals surface area contributed by atoms with Crippen LogP contribution in [0.3, 0.4) is 0 Å². The van der Waals surface area contributed by atoms with Crippen molar-refractivity contribution >= 4 is 17.5 Å². The Kier molecular flexibility index (Phi) is 2.58. The van der Waals surface area contributed by atoms with Crippen molar-refractivity contribution in [2.24, 2.45) is 28.6 Å². The van der Waals surface area contributed by atoms with Gasteiger partial charge in [0, 0.05) is 11.8 Å². The van der Waals surface area contributed by atoms with Crippen molar-refractivity contribution in [2.75, 3.05) is 0 Å². The van der Waals surface area contributed by atoms with E-state index >= 15 is 0 Å². The minimum absolute atomic E-state index is 0.106. The summed E-state index contributed by atoms with van der Waals surface area (Å²) in [5.41, 5.74) is -0.653. The number of fused-ring (bicyclic) bond motifs is 6. The largest absolute Gasteiger partial charge is 0.459 e. The van der Waals surface area contributed by atoms with E-state index in [4.69, 9.17) is 4.74 Å². The van der Waals surface area contributed by atoms with Gasteiger partial charge >= 0.3 is 5.97 Å². The Hall–Kier alpha value is -1.75. The highest BCUT2D eigenvalue weighted by atomic mass is 16.6. The molecule has 0 radical (unpaired) electrons. The fraction of sp³-hybridized carbons (Fsp3) is 0.611. The number of carbonyl (C=O) groups is 3. The van der Waals surface area contributed by atoms with Gasteiger partial charge in [0.05, 0.1) is 22.9 Å². The van der Waals surface area contributed by atoms with Crippen molar-refractivity contribution in [3.63, 3.8) is 0 Å². The Balaban J connectivity index is 2.00. The molecule has 4 aliphatic rings. The van der Waals surface area contributed by atoms with E-state index in [2.05, 4.69) is 0 Å². The number of aliphatic hydroxyl groups is 1. The Morgan fingerprint density at radius 3 is 2.43 bits per heavy atom. The molecule has 1 saturated heterocycles. The van der Waals surface area contributed by atoms with Crippen LogP contribution >= 0.6 is 0 Å². The van der Waals surface area contributed by atoms with Crippen molar-refractivity contribution in [2.45, 2.75) is 39.9 Å². The summed E-state index contributed by atoms with van der Waals surface area (Å²) >= 11 is 0. The van der Waals surface area contributed by atoms with E-state index in [9.17, 15) is 19.5 Å². The second-order valence-electron chi connectivity index (χ2n) is 7.81. The number of aliphatic hydroxyl groups excluding tert-OH is 1. The van der Waals surface area contributed by atoms with Gasteiger partial charge in [-0.25, -0.2) is 0 Å². The molecule has 3 aliphatic carbocycles. The minimum Gasteiger partial charge on any atom is -0.459 e. The van der Waals surface area contributed by atoms with Crippen LogP contribution in [0.2, 0.25) is 0 Å². The molecule has 2 bridgehead atoms. The summed E-state index contributed by atoms with van der Waals surface area (Å²) in [6.07, 6.45) is 1.38. The van der Waals surface area contributed by atoms with E-state index in [0.29, 0.717) is 5.57 Å². The maximum atomic E-state index is 13.0. The second-order valence-corrected chi connectivity index (χ2v) is 7.81. The van der Waals surface area contributed by atoms with Crippen LogP contribution in [-0.2, 0) is 19.1 Å². The summed E-state index contributed by atoms with van der Waals surface area (Å²) in [5, 5.41) is 10.9. The van der Waals surface area contributed by atoms with Crippen LogP contribution in [0.5, 0.6) is 0 Å². The first-order valence-electron chi connectivity index (χ1n) is 8.03. The van der Waals surface area contributed by atoms with E-state index in [-0.39, 0.29) is 17.5 Å². The second kappa shape index (κ2) is 4.01. The molecule has 122 valence electrons. The Morgan fingerprint density at radius 1 is 1.13 bits per heavy atom. The number of hydrogen-bond donors (Lipinski definition) is 1. The Bertz CT molecular complexity index is 732. The zero-order chi connectivity index (χ0) is 16.9. The maximum absolute atomic E-state index is 13.0. The lowest BCUT2D eigenvalue weighted by Gasteiger charge is -2.55. The number of ether oxygens (including phenoxy) is 1. The van der Waals surface area contributed by atoms with E-state index in [1.165, 1.54) is 6.08 Å². The van der Waals surface area contributed by atoms with E-state index in [0.717, 1.165) is 5.57 Å². The van der Waals surface area contributed by atoms with Crippen molar-refractivity contribution in [3.05, 3.63) is 23.3 Å². The van der Waals surface area contributed by atoms with Crippen LogP contribution in [0, 0.1) is 28.6 Å². The molecule has 0 aromatic rings. The number of carbonyl (C=O) groups excluding carboxylic acids is 3. The fourth-order valence-electron chi connectivity index (χ4n) is 5.71. The molecule has 7 atom stereocenters. The molecule has 2 fully saturated rings. The fourth-order valence-corrected chi connectivity index (χ4v) is 5.71. The van der Waals surface area contributed by atoms with Gasteiger partial charge < -0.3 is 9.84 Å². The van der Waals surface area contributed by atoms with Gasteiger partial charge in [-0.05, 0) is 37.1 Å². The summed E-state index contributed by atoms with van der Waals surface area (Å²) < 4.78 is 5.38. The van der Waals surface area contributed by atoms with Gasteiger partial charge in [0.2, 0.25) is 0 Å². The van der Waals surface area contributed by atoms with Gasteiger partial charge in [0.15, 0.2) is 11.6 Å². The highest BCUT2D eigenvalue weighted by molar-refractivity contribution is 6.10. The van der Waals surface area contributed by atoms with Gasteiger partial charge in [-0.2, -0.15) is 0 Å². The molecule has 0 aromatic carbocycles. The number of esters is 1. The molecule has 5 heteroatoms. The summed E-state index contributed by atoms with van der Waals surface area (Å²) in [7, 11) is 0. The SMILES string of the molecule is CC1=CC(=O)[C@]2(C)C1=CC(=O)[C@@]1(C)C2C(O)[C@H]2OC(=O)[C@@H]1[C@@H]2C. The first kappa shape index (κ1) is 14.8. The normalized spacial score (nSPS) is 51.0. The van der Waals surface area contributed by atoms with Crippen LogP contribution in [0.1, 0.15) is 27.7 Å². The van der Waals surface area contributed by atoms with Gasteiger partial charge in [-0.1, -0.05) is 13.8 Å². The molecular formula is C18H20O5. The third-order valence-corrected chi connectivity index (χ3v) is 6.79. The van der Waals surface area contributed by atoms with E-state index in [1.54, 1.807) is 26.8 Å². The van der Waals surface area contributed by atoms with Gasteiger partial charge in [0.25, 0.3) is 0 Å². The van der Waals surface area contributed by atoms with Crippen LogP contribution in [0.4, 0.5) is 0 Å². The molecule has 5 nitrogen and oxygen atoms in total. The zero-order valence-electron chi connectivity index (χ0n) is 13.6. The van der Waals surface area contributed by atoms with Crippen LogP contribution in [0.25, 0.3) is 0 Å². The van der Waals surface area contributed by atoms with Crippen molar-refractivity contribution < 1.29 is 24.2 Å².